The maximum atomic E-state index is 13.9. The Morgan fingerprint density at radius 1 is 1.43 bits per heavy atom. The summed E-state index contributed by atoms with van der Waals surface area (Å²) in [6.45, 7) is 3.98. The van der Waals surface area contributed by atoms with Crippen LogP contribution in [0.25, 0.3) is 0 Å². The zero-order valence-corrected chi connectivity index (χ0v) is 13.2. The van der Waals surface area contributed by atoms with Crippen molar-refractivity contribution in [3.63, 3.8) is 0 Å². The van der Waals surface area contributed by atoms with Gasteiger partial charge in [-0.2, -0.15) is 0 Å². The summed E-state index contributed by atoms with van der Waals surface area (Å²) in [5, 5.41) is 2.85. The van der Waals surface area contributed by atoms with Gasteiger partial charge in [0.1, 0.15) is 11.6 Å². The molecule has 118 valence electrons. The van der Waals surface area contributed by atoms with Crippen LogP contribution in [0, 0.1) is 11.6 Å². The monoisotopic (exact) mass is 338 g/mol. The van der Waals surface area contributed by atoms with Crippen LogP contribution < -0.4 is 5.32 Å². The topological polar surface area (TPSA) is 32.3 Å². The van der Waals surface area contributed by atoms with Gasteiger partial charge < -0.3 is 10.2 Å². The molecule has 2 rings (SSSR count). The lowest BCUT2D eigenvalue weighted by Crippen LogP contribution is -2.42. The van der Waals surface area contributed by atoms with Gasteiger partial charge in [0.15, 0.2) is 0 Å². The molecule has 1 aliphatic heterocycles. The number of nitrogens with one attached hydrogen (secondary N) is 1. The van der Waals surface area contributed by atoms with Crippen molar-refractivity contribution in [2.24, 2.45) is 0 Å². The third kappa shape index (κ3) is 4.05. The molecule has 0 radical (unpaired) electrons. The zero-order chi connectivity index (χ0) is 14.7. The Kier molecular flexibility index (Phi) is 6.84. The zero-order valence-electron chi connectivity index (χ0n) is 11.7. The molecule has 0 bridgehead atoms. The predicted molar refractivity (Wildman–Crippen MR) is 81.2 cm³/mol. The van der Waals surface area contributed by atoms with Crippen LogP contribution in [0.5, 0.6) is 0 Å². The molecule has 21 heavy (non-hydrogen) atoms. The van der Waals surface area contributed by atoms with Crippen LogP contribution in [0.1, 0.15) is 30.1 Å². The second-order valence-electron chi connectivity index (χ2n) is 4.89. The molecule has 0 aliphatic carbocycles. The van der Waals surface area contributed by atoms with Gasteiger partial charge >= 0.3 is 0 Å². The van der Waals surface area contributed by atoms with E-state index in [4.69, 9.17) is 11.6 Å². The number of hydrogen-bond acceptors (Lipinski definition) is 2. The van der Waals surface area contributed by atoms with Crippen LogP contribution in [0.2, 0.25) is 5.02 Å². The van der Waals surface area contributed by atoms with Crippen molar-refractivity contribution in [1.82, 2.24) is 10.2 Å². The summed E-state index contributed by atoms with van der Waals surface area (Å²) >= 11 is 5.51. The summed E-state index contributed by atoms with van der Waals surface area (Å²) in [4.78, 5) is 14.1. The molecule has 1 fully saturated rings. The highest BCUT2D eigenvalue weighted by Crippen LogP contribution is 2.22. The Balaban J connectivity index is 0.00000220. The summed E-state index contributed by atoms with van der Waals surface area (Å²) in [6.07, 6.45) is 1.59. The van der Waals surface area contributed by atoms with E-state index in [1.807, 2.05) is 6.92 Å². The van der Waals surface area contributed by atoms with Crippen LogP contribution in [0.4, 0.5) is 8.78 Å². The lowest BCUT2D eigenvalue weighted by atomic mass is 10.1. The van der Waals surface area contributed by atoms with Crippen molar-refractivity contribution in [3.05, 3.63) is 34.4 Å². The first-order valence-corrected chi connectivity index (χ1v) is 7.08. The minimum Gasteiger partial charge on any atom is -0.334 e. The SMILES string of the molecule is CCCN(C(=O)c1cc(F)c(Cl)cc1F)C1CCNC1.Cl. The molecule has 0 aromatic heterocycles. The van der Waals surface area contributed by atoms with Gasteiger partial charge in [0.2, 0.25) is 0 Å². The Labute approximate surface area is 134 Å². The molecule has 1 aliphatic rings. The van der Waals surface area contributed by atoms with E-state index in [0.29, 0.717) is 13.1 Å². The summed E-state index contributed by atoms with van der Waals surface area (Å²) in [7, 11) is 0. The summed E-state index contributed by atoms with van der Waals surface area (Å²) in [5.41, 5.74) is -0.257. The van der Waals surface area contributed by atoms with Gasteiger partial charge in [-0.3, -0.25) is 4.79 Å². The van der Waals surface area contributed by atoms with Gasteiger partial charge in [-0.25, -0.2) is 8.78 Å². The highest BCUT2D eigenvalue weighted by atomic mass is 35.5. The van der Waals surface area contributed by atoms with Gasteiger partial charge in [0.05, 0.1) is 10.6 Å². The van der Waals surface area contributed by atoms with Gasteiger partial charge in [-0.15, -0.1) is 12.4 Å². The largest absolute Gasteiger partial charge is 0.334 e. The number of halogens is 4. The highest BCUT2D eigenvalue weighted by molar-refractivity contribution is 6.30. The second-order valence-corrected chi connectivity index (χ2v) is 5.30. The van der Waals surface area contributed by atoms with Gasteiger partial charge in [0.25, 0.3) is 5.91 Å². The fraction of sp³-hybridized carbons (Fsp3) is 0.500. The van der Waals surface area contributed by atoms with E-state index >= 15 is 0 Å². The quantitative estimate of drug-likeness (QED) is 0.854. The minimum absolute atomic E-state index is 0. The smallest absolute Gasteiger partial charge is 0.257 e. The third-order valence-corrected chi connectivity index (χ3v) is 3.73. The summed E-state index contributed by atoms with van der Waals surface area (Å²) in [6, 6.07) is 1.76. The van der Waals surface area contributed by atoms with Crippen LogP contribution >= 0.6 is 24.0 Å². The van der Waals surface area contributed by atoms with E-state index in [9.17, 15) is 13.6 Å². The highest BCUT2D eigenvalue weighted by Gasteiger charge is 2.28. The first kappa shape index (κ1) is 18.1. The summed E-state index contributed by atoms with van der Waals surface area (Å²) in [5.74, 6) is -2.04. The van der Waals surface area contributed by atoms with Gasteiger partial charge in [-0.05, 0) is 31.5 Å². The fourth-order valence-corrected chi connectivity index (χ4v) is 2.59. The van der Waals surface area contributed by atoms with E-state index in [1.54, 1.807) is 4.90 Å². The maximum Gasteiger partial charge on any atom is 0.257 e. The molecule has 1 atom stereocenters. The lowest BCUT2D eigenvalue weighted by Gasteiger charge is -2.28. The molecule has 1 unspecified atom stereocenters. The Hall–Kier alpha value is -0.910. The standard InChI is InChI=1S/C14H17ClF2N2O.ClH/c1-2-5-19(9-3-4-18-8-9)14(20)10-6-13(17)11(15)7-12(10)16;/h6-7,9,18H,2-5,8H2,1H3;1H. The van der Waals surface area contributed by atoms with E-state index in [-0.39, 0.29) is 29.0 Å². The number of carbonyl (C=O) groups is 1. The number of carbonyl (C=O) groups excluding carboxylic acids is 1. The van der Waals surface area contributed by atoms with Crippen molar-refractivity contribution >= 4 is 29.9 Å². The Morgan fingerprint density at radius 2 is 2.14 bits per heavy atom. The first-order valence-electron chi connectivity index (χ1n) is 6.70. The van der Waals surface area contributed by atoms with Crippen LogP contribution in [-0.4, -0.2) is 36.5 Å². The number of amides is 1. The maximum absolute atomic E-state index is 13.9. The normalized spacial score (nSPS) is 17.4. The molecular formula is C14H18Cl2F2N2O. The number of nitrogens with zero attached hydrogens (tertiary/aromatic N) is 1. The van der Waals surface area contributed by atoms with Crippen LogP contribution in [0.15, 0.2) is 12.1 Å². The van der Waals surface area contributed by atoms with Crippen molar-refractivity contribution < 1.29 is 13.6 Å². The average Bonchev–Trinajstić information content (AvgIpc) is 2.93. The van der Waals surface area contributed by atoms with Gasteiger partial charge in [0, 0.05) is 19.1 Å². The Morgan fingerprint density at radius 3 is 2.71 bits per heavy atom. The van der Waals surface area contributed by atoms with Crippen molar-refractivity contribution in [3.8, 4) is 0 Å². The molecule has 0 spiro atoms. The third-order valence-electron chi connectivity index (χ3n) is 3.44. The summed E-state index contributed by atoms with van der Waals surface area (Å²) < 4.78 is 27.3. The second kappa shape index (κ2) is 7.92. The number of benzene rings is 1. The molecule has 0 saturated carbocycles. The molecule has 3 nitrogen and oxygen atoms in total. The van der Waals surface area contributed by atoms with Crippen molar-refractivity contribution in [2.75, 3.05) is 19.6 Å². The number of hydrogen-bond donors (Lipinski definition) is 1. The van der Waals surface area contributed by atoms with E-state index < -0.39 is 17.5 Å². The predicted octanol–water partition coefficient (Wildman–Crippen LogP) is 3.25. The Bertz CT molecular complexity index is 508. The minimum atomic E-state index is -0.784. The lowest BCUT2D eigenvalue weighted by molar-refractivity contribution is 0.0687. The number of rotatable bonds is 4. The molecular weight excluding hydrogens is 321 g/mol. The van der Waals surface area contributed by atoms with Crippen molar-refractivity contribution in [2.45, 2.75) is 25.8 Å². The molecule has 7 heteroatoms. The van der Waals surface area contributed by atoms with Gasteiger partial charge in [-0.1, -0.05) is 18.5 Å². The molecule has 1 N–H and O–H groups in total. The molecule has 1 aromatic carbocycles. The molecule has 1 heterocycles. The van der Waals surface area contributed by atoms with E-state index in [2.05, 4.69) is 5.32 Å². The average molecular weight is 339 g/mol. The molecule has 1 aromatic rings. The first-order chi connectivity index (χ1) is 9.54. The molecule has 1 amide bonds. The van der Waals surface area contributed by atoms with E-state index in [0.717, 1.165) is 31.5 Å². The van der Waals surface area contributed by atoms with Crippen LogP contribution in [-0.2, 0) is 0 Å². The van der Waals surface area contributed by atoms with Crippen molar-refractivity contribution in [1.29, 1.82) is 0 Å². The fourth-order valence-electron chi connectivity index (χ4n) is 2.44. The molecule has 1 saturated heterocycles. The van der Waals surface area contributed by atoms with E-state index in [1.165, 1.54) is 0 Å². The van der Waals surface area contributed by atoms with Crippen LogP contribution in [0.3, 0.4) is 0 Å².